The summed E-state index contributed by atoms with van der Waals surface area (Å²) in [6.45, 7) is 1.90. The lowest BCUT2D eigenvalue weighted by atomic mass is 10.2. The van der Waals surface area contributed by atoms with Gasteiger partial charge in [-0.15, -0.1) is 0 Å². The first kappa shape index (κ1) is 12.7. The van der Waals surface area contributed by atoms with Gasteiger partial charge in [0.15, 0.2) is 0 Å². The maximum Gasteiger partial charge on any atom is 0.268 e. The Bertz CT molecular complexity index is 877. The standard InChI is InChI=1S/C15H13NO3S/c1-11-6-8-12(9-7-11)20(18,19)16-10-15(17)13-4-2-3-5-14(13)16/h2-10,17H,1H3. The molecule has 0 unspecified atom stereocenters. The fraction of sp³-hybridized carbons (Fsp3) is 0.0667. The van der Waals surface area contributed by atoms with Crippen molar-refractivity contribution in [2.75, 3.05) is 0 Å². The number of benzene rings is 2. The summed E-state index contributed by atoms with van der Waals surface area (Å²) in [4.78, 5) is 0.198. The Kier molecular flexibility index (Phi) is 2.79. The predicted molar refractivity (Wildman–Crippen MR) is 77.4 cm³/mol. The first-order valence-electron chi connectivity index (χ1n) is 6.11. The van der Waals surface area contributed by atoms with E-state index in [0.717, 1.165) is 9.54 Å². The van der Waals surface area contributed by atoms with E-state index in [2.05, 4.69) is 0 Å². The molecule has 102 valence electrons. The van der Waals surface area contributed by atoms with Gasteiger partial charge in [-0.05, 0) is 31.2 Å². The molecule has 0 saturated carbocycles. The van der Waals surface area contributed by atoms with E-state index in [9.17, 15) is 13.5 Å². The monoisotopic (exact) mass is 287 g/mol. The number of hydrogen-bond donors (Lipinski definition) is 1. The molecule has 0 radical (unpaired) electrons. The van der Waals surface area contributed by atoms with Crippen LogP contribution in [-0.2, 0) is 10.0 Å². The van der Waals surface area contributed by atoms with E-state index in [4.69, 9.17) is 0 Å². The van der Waals surface area contributed by atoms with Crippen LogP contribution in [0.4, 0.5) is 0 Å². The zero-order valence-corrected chi connectivity index (χ0v) is 11.6. The summed E-state index contributed by atoms with van der Waals surface area (Å²) in [6.07, 6.45) is 1.24. The van der Waals surface area contributed by atoms with Crippen LogP contribution in [0.1, 0.15) is 5.56 Å². The number of para-hydroxylation sites is 1. The molecule has 5 heteroatoms. The van der Waals surface area contributed by atoms with Crippen molar-refractivity contribution >= 4 is 20.9 Å². The number of rotatable bonds is 2. The van der Waals surface area contributed by atoms with Gasteiger partial charge in [0.2, 0.25) is 0 Å². The van der Waals surface area contributed by atoms with Crippen molar-refractivity contribution in [3.63, 3.8) is 0 Å². The third-order valence-corrected chi connectivity index (χ3v) is 4.92. The summed E-state index contributed by atoms with van der Waals surface area (Å²) in [5, 5.41) is 10.4. The zero-order valence-electron chi connectivity index (χ0n) is 10.8. The molecule has 3 rings (SSSR count). The van der Waals surface area contributed by atoms with Crippen LogP contribution in [0.25, 0.3) is 10.9 Å². The van der Waals surface area contributed by atoms with Crippen molar-refractivity contribution in [1.82, 2.24) is 3.97 Å². The van der Waals surface area contributed by atoms with E-state index in [1.54, 1.807) is 48.5 Å². The van der Waals surface area contributed by atoms with Gasteiger partial charge in [0, 0.05) is 5.39 Å². The van der Waals surface area contributed by atoms with Crippen molar-refractivity contribution in [3.05, 3.63) is 60.3 Å². The van der Waals surface area contributed by atoms with Crippen LogP contribution in [0.5, 0.6) is 5.75 Å². The minimum absolute atomic E-state index is 0.0451. The van der Waals surface area contributed by atoms with Gasteiger partial charge in [0.05, 0.1) is 16.6 Å². The third kappa shape index (κ3) is 1.87. The van der Waals surface area contributed by atoms with Crippen LogP contribution in [0, 0.1) is 6.92 Å². The molecule has 0 bridgehead atoms. The minimum atomic E-state index is -3.70. The van der Waals surface area contributed by atoms with Crippen molar-refractivity contribution in [1.29, 1.82) is 0 Å². The van der Waals surface area contributed by atoms with E-state index in [1.165, 1.54) is 6.20 Å². The Balaban J connectivity index is 2.27. The molecule has 0 atom stereocenters. The topological polar surface area (TPSA) is 59.3 Å². The molecular weight excluding hydrogens is 274 g/mol. The van der Waals surface area contributed by atoms with Gasteiger partial charge in [0.1, 0.15) is 5.75 Å². The van der Waals surface area contributed by atoms with Crippen molar-refractivity contribution in [2.45, 2.75) is 11.8 Å². The summed E-state index contributed by atoms with van der Waals surface area (Å²) in [7, 11) is -3.70. The summed E-state index contributed by atoms with van der Waals surface area (Å²) < 4.78 is 26.4. The van der Waals surface area contributed by atoms with Crippen LogP contribution < -0.4 is 0 Å². The Morgan fingerprint density at radius 3 is 2.35 bits per heavy atom. The second-order valence-electron chi connectivity index (χ2n) is 4.65. The van der Waals surface area contributed by atoms with Gasteiger partial charge < -0.3 is 5.11 Å². The summed E-state index contributed by atoms with van der Waals surface area (Å²) in [5.41, 5.74) is 1.45. The van der Waals surface area contributed by atoms with Crippen LogP contribution >= 0.6 is 0 Å². The second-order valence-corrected chi connectivity index (χ2v) is 6.46. The number of nitrogens with zero attached hydrogens (tertiary/aromatic N) is 1. The molecule has 0 amide bonds. The first-order valence-corrected chi connectivity index (χ1v) is 7.55. The second kappa shape index (κ2) is 4.38. The fourth-order valence-electron chi connectivity index (χ4n) is 2.16. The minimum Gasteiger partial charge on any atom is -0.506 e. The highest BCUT2D eigenvalue weighted by Crippen LogP contribution is 2.29. The maximum absolute atomic E-state index is 12.6. The van der Waals surface area contributed by atoms with Crippen molar-refractivity contribution < 1.29 is 13.5 Å². The number of aromatic hydroxyl groups is 1. The van der Waals surface area contributed by atoms with E-state index in [1.807, 2.05) is 6.92 Å². The van der Waals surface area contributed by atoms with Gasteiger partial charge in [-0.25, -0.2) is 12.4 Å². The third-order valence-electron chi connectivity index (χ3n) is 3.23. The number of aryl methyl sites for hydroxylation is 1. The molecule has 2 aromatic carbocycles. The molecule has 1 N–H and O–H groups in total. The van der Waals surface area contributed by atoms with Gasteiger partial charge in [0.25, 0.3) is 10.0 Å². The van der Waals surface area contributed by atoms with Crippen LogP contribution in [0.15, 0.2) is 59.6 Å². The van der Waals surface area contributed by atoms with E-state index in [-0.39, 0.29) is 10.6 Å². The van der Waals surface area contributed by atoms with Crippen LogP contribution in [-0.4, -0.2) is 17.5 Å². The van der Waals surface area contributed by atoms with Crippen molar-refractivity contribution in [3.8, 4) is 5.75 Å². The highest BCUT2D eigenvalue weighted by molar-refractivity contribution is 7.90. The van der Waals surface area contributed by atoms with Gasteiger partial charge in [-0.2, -0.15) is 0 Å². The molecule has 1 heterocycles. The molecule has 0 spiro atoms. The molecular formula is C15H13NO3S. The van der Waals surface area contributed by atoms with E-state index >= 15 is 0 Å². The fourth-order valence-corrected chi connectivity index (χ4v) is 3.52. The Hall–Kier alpha value is -2.27. The smallest absolute Gasteiger partial charge is 0.268 e. The van der Waals surface area contributed by atoms with Gasteiger partial charge in [-0.1, -0.05) is 29.8 Å². The van der Waals surface area contributed by atoms with E-state index in [0.29, 0.717) is 10.9 Å². The summed E-state index contributed by atoms with van der Waals surface area (Å²) in [5.74, 6) is -0.0451. The average Bonchev–Trinajstić information content (AvgIpc) is 2.78. The lowest BCUT2D eigenvalue weighted by Gasteiger charge is -2.07. The molecule has 4 nitrogen and oxygen atoms in total. The Labute approximate surface area is 117 Å². The average molecular weight is 287 g/mol. The lowest BCUT2D eigenvalue weighted by molar-refractivity contribution is 0.480. The highest BCUT2D eigenvalue weighted by atomic mass is 32.2. The van der Waals surface area contributed by atoms with Gasteiger partial charge >= 0.3 is 0 Å². The van der Waals surface area contributed by atoms with Gasteiger partial charge in [-0.3, -0.25) is 0 Å². The largest absolute Gasteiger partial charge is 0.506 e. The molecule has 0 fully saturated rings. The number of hydrogen-bond acceptors (Lipinski definition) is 3. The SMILES string of the molecule is Cc1ccc(S(=O)(=O)n2cc(O)c3ccccc32)cc1. The quantitative estimate of drug-likeness (QED) is 0.788. The molecule has 0 aliphatic rings. The molecule has 3 aromatic rings. The first-order chi connectivity index (χ1) is 9.50. The summed E-state index contributed by atoms with van der Waals surface area (Å²) >= 11 is 0. The molecule has 0 aliphatic heterocycles. The molecule has 0 saturated heterocycles. The molecule has 20 heavy (non-hydrogen) atoms. The lowest BCUT2D eigenvalue weighted by Crippen LogP contribution is -2.11. The Morgan fingerprint density at radius 1 is 1.00 bits per heavy atom. The maximum atomic E-state index is 12.6. The number of aromatic nitrogens is 1. The Morgan fingerprint density at radius 2 is 1.65 bits per heavy atom. The zero-order chi connectivity index (χ0) is 14.3. The highest BCUT2D eigenvalue weighted by Gasteiger charge is 2.20. The molecule has 0 aliphatic carbocycles. The summed E-state index contributed by atoms with van der Waals surface area (Å²) in [6, 6.07) is 13.5. The predicted octanol–water partition coefficient (Wildman–Crippen LogP) is 2.89. The normalized spacial score (nSPS) is 11.8. The number of fused-ring (bicyclic) bond motifs is 1. The van der Waals surface area contributed by atoms with Crippen LogP contribution in [0.2, 0.25) is 0 Å². The molecule has 1 aromatic heterocycles. The van der Waals surface area contributed by atoms with Crippen LogP contribution in [0.3, 0.4) is 0 Å². The van der Waals surface area contributed by atoms with E-state index < -0.39 is 10.0 Å². The van der Waals surface area contributed by atoms with Crippen molar-refractivity contribution in [2.24, 2.45) is 0 Å².